The second kappa shape index (κ2) is 9.52. The Hall–Kier alpha value is -1.22. The molecule has 0 radical (unpaired) electrons. The third kappa shape index (κ3) is 5.23. The zero-order valence-corrected chi connectivity index (χ0v) is 18.6. The van der Waals surface area contributed by atoms with Crippen molar-refractivity contribution in [1.82, 2.24) is 4.31 Å². The molecule has 0 atom stereocenters. The molecular weight excluding hydrogens is 470 g/mol. The summed E-state index contributed by atoms with van der Waals surface area (Å²) in [6.07, 6.45) is 0. The van der Waals surface area contributed by atoms with Gasteiger partial charge in [0.2, 0.25) is 15.9 Å². The van der Waals surface area contributed by atoms with Gasteiger partial charge in [-0.25, -0.2) is 8.42 Å². The number of hydrogen-bond acceptors (Lipinski definition) is 4. The molecule has 28 heavy (non-hydrogen) atoms. The van der Waals surface area contributed by atoms with Crippen LogP contribution >= 0.6 is 46.4 Å². The zero-order valence-electron chi connectivity index (χ0n) is 14.8. The number of halogens is 4. The number of carbonyl (C=O) groups is 1. The van der Waals surface area contributed by atoms with Crippen molar-refractivity contribution in [3.8, 4) is 5.75 Å². The Labute approximate surface area is 183 Å². The molecule has 6 nitrogen and oxygen atoms in total. The fraction of sp³-hybridized carbons (Fsp3) is 0.235. The van der Waals surface area contributed by atoms with Crippen LogP contribution in [0.2, 0.25) is 20.1 Å². The predicted octanol–water partition coefficient (Wildman–Crippen LogP) is 4.96. The molecule has 152 valence electrons. The Morgan fingerprint density at radius 1 is 1.04 bits per heavy atom. The van der Waals surface area contributed by atoms with Crippen LogP contribution < -0.4 is 10.1 Å². The minimum atomic E-state index is -3.96. The maximum absolute atomic E-state index is 12.9. The number of ether oxygens (including phenoxy) is 1. The van der Waals surface area contributed by atoms with E-state index in [1.807, 2.05) is 0 Å². The van der Waals surface area contributed by atoms with Crippen LogP contribution in [0.1, 0.15) is 6.92 Å². The van der Waals surface area contributed by atoms with Crippen molar-refractivity contribution in [3.63, 3.8) is 0 Å². The van der Waals surface area contributed by atoms with Gasteiger partial charge in [0.1, 0.15) is 5.75 Å². The summed E-state index contributed by atoms with van der Waals surface area (Å²) >= 11 is 23.8. The lowest BCUT2D eigenvalue weighted by atomic mass is 10.3. The standard InChI is InChI=1S/C17H16Cl4N2O4S/c1-3-23(28(25,26)10-4-5-16(27-2)14(21)6-10)9-17(24)22-15-8-12(19)11(18)7-13(15)20/h4-8H,3,9H2,1-2H3,(H,22,24). The van der Waals surface area contributed by atoms with Crippen molar-refractivity contribution in [3.05, 3.63) is 50.4 Å². The van der Waals surface area contributed by atoms with E-state index in [4.69, 9.17) is 51.1 Å². The first-order valence-electron chi connectivity index (χ1n) is 7.88. The summed E-state index contributed by atoms with van der Waals surface area (Å²) in [6.45, 7) is 1.25. The fourth-order valence-corrected chi connectivity index (χ4v) is 4.64. The minimum absolute atomic E-state index is 0.0551. The molecule has 0 bridgehead atoms. The van der Waals surface area contributed by atoms with Gasteiger partial charge in [0.05, 0.1) is 44.3 Å². The highest BCUT2D eigenvalue weighted by atomic mass is 35.5. The Morgan fingerprint density at radius 3 is 2.25 bits per heavy atom. The Bertz CT molecular complexity index is 999. The van der Waals surface area contributed by atoms with Gasteiger partial charge in [-0.2, -0.15) is 4.31 Å². The number of benzene rings is 2. The van der Waals surface area contributed by atoms with E-state index in [2.05, 4.69) is 5.32 Å². The number of nitrogens with one attached hydrogen (secondary N) is 1. The van der Waals surface area contributed by atoms with E-state index >= 15 is 0 Å². The normalized spacial score (nSPS) is 11.5. The van der Waals surface area contributed by atoms with E-state index in [9.17, 15) is 13.2 Å². The van der Waals surface area contributed by atoms with Crippen LogP contribution in [0.5, 0.6) is 5.75 Å². The molecule has 0 unspecified atom stereocenters. The molecule has 2 rings (SSSR count). The molecule has 0 aromatic heterocycles. The lowest BCUT2D eigenvalue weighted by Crippen LogP contribution is -2.37. The molecule has 1 N–H and O–H groups in total. The largest absolute Gasteiger partial charge is 0.495 e. The summed E-state index contributed by atoms with van der Waals surface area (Å²) < 4.78 is 31.7. The molecule has 0 aliphatic carbocycles. The van der Waals surface area contributed by atoms with Crippen molar-refractivity contribution >= 4 is 68.0 Å². The van der Waals surface area contributed by atoms with E-state index in [0.29, 0.717) is 5.75 Å². The summed E-state index contributed by atoms with van der Waals surface area (Å²) in [5.74, 6) is -0.249. The Kier molecular flexibility index (Phi) is 7.84. The van der Waals surface area contributed by atoms with E-state index in [0.717, 1.165) is 4.31 Å². The number of amides is 1. The molecule has 0 saturated carbocycles. The lowest BCUT2D eigenvalue weighted by molar-refractivity contribution is -0.116. The smallest absolute Gasteiger partial charge is 0.243 e. The van der Waals surface area contributed by atoms with Gasteiger partial charge in [0.25, 0.3) is 0 Å². The minimum Gasteiger partial charge on any atom is -0.495 e. The number of carbonyl (C=O) groups excluding carboxylic acids is 1. The van der Waals surface area contributed by atoms with E-state index in [1.165, 1.54) is 37.4 Å². The van der Waals surface area contributed by atoms with Crippen LogP contribution in [0.15, 0.2) is 35.2 Å². The van der Waals surface area contributed by atoms with Gasteiger partial charge in [-0.15, -0.1) is 0 Å². The lowest BCUT2D eigenvalue weighted by Gasteiger charge is -2.20. The van der Waals surface area contributed by atoms with Crippen LogP contribution in [-0.4, -0.2) is 38.8 Å². The van der Waals surface area contributed by atoms with Gasteiger partial charge in [-0.3, -0.25) is 4.79 Å². The zero-order chi connectivity index (χ0) is 21.1. The van der Waals surface area contributed by atoms with Gasteiger partial charge in [-0.05, 0) is 30.3 Å². The second-order valence-corrected chi connectivity index (χ2v) is 9.09. The maximum atomic E-state index is 12.9. The fourth-order valence-electron chi connectivity index (χ4n) is 2.29. The number of sulfonamides is 1. The quantitative estimate of drug-likeness (QED) is 0.562. The highest BCUT2D eigenvalue weighted by Crippen LogP contribution is 2.32. The number of rotatable bonds is 7. The van der Waals surface area contributed by atoms with E-state index in [-0.39, 0.29) is 37.2 Å². The molecule has 0 aliphatic rings. The molecular formula is C17H16Cl4N2O4S. The number of hydrogen-bond donors (Lipinski definition) is 1. The molecule has 0 heterocycles. The third-order valence-corrected chi connectivity index (χ3v) is 6.96. The number of likely N-dealkylation sites (N-methyl/N-ethyl adjacent to an activating group) is 1. The van der Waals surface area contributed by atoms with Gasteiger partial charge in [0, 0.05) is 6.54 Å². The number of nitrogens with zero attached hydrogens (tertiary/aromatic N) is 1. The van der Waals surface area contributed by atoms with Gasteiger partial charge < -0.3 is 10.1 Å². The second-order valence-electron chi connectivity index (χ2n) is 5.52. The summed E-state index contributed by atoms with van der Waals surface area (Å²) in [5.41, 5.74) is 0.224. The Balaban J connectivity index is 2.22. The van der Waals surface area contributed by atoms with Crippen molar-refractivity contribution in [2.75, 3.05) is 25.5 Å². The van der Waals surface area contributed by atoms with Gasteiger partial charge in [0.15, 0.2) is 0 Å². The van der Waals surface area contributed by atoms with Crippen molar-refractivity contribution < 1.29 is 17.9 Å². The van der Waals surface area contributed by atoms with Gasteiger partial charge in [-0.1, -0.05) is 53.3 Å². The van der Waals surface area contributed by atoms with E-state index < -0.39 is 22.5 Å². The molecule has 2 aromatic carbocycles. The third-order valence-electron chi connectivity index (χ3n) is 3.72. The summed E-state index contributed by atoms with van der Waals surface area (Å²) in [5, 5.41) is 3.29. The molecule has 0 saturated heterocycles. The maximum Gasteiger partial charge on any atom is 0.243 e. The Morgan fingerprint density at radius 2 is 1.68 bits per heavy atom. The van der Waals surface area contributed by atoms with Gasteiger partial charge >= 0.3 is 0 Å². The predicted molar refractivity (Wildman–Crippen MR) is 113 cm³/mol. The highest BCUT2D eigenvalue weighted by Gasteiger charge is 2.26. The first-order chi connectivity index (χ1) is 13.1. The number of anilines is 1. The summed E-state index contributed by atoms with van der Waals surface area (Å²) in [4.78, 5) is 12.3. The van der Waals surface area contributed by atoms with Crippen LogP contribution in [-0.2, 0) is 14.8 Å². The average Bonchev–Trinajstić information content (AvgIpc) is 2.63. The molecule has 0 spiro atoms. The van der Waals surface area contributed by atoms with Crippen LogP contribution in [0.25, 0.3) is 0 Å². The first kappa shape index (κ1) is 23.1. The SMILES string of the molecule is CCN(CC(=O)Nc1cc(Cl)c(Cl)cc1Cl)S(=O)(=O)c1ccc(OC)c(Cl)c1. The van der Waals surface area contributed by atoms with Crippen LogP contribution in [0.3, 0.4) is 0 Å². The molecule has 0 aliphatic heterocycles. The van der Waals surface area contributed by atoms with E-state index in [1.54, 1.807) is 6.92 Å². The van der Waals surface area contributed by atoms with Crippen LogP contribution in [0, 0.1) is 0 Å². The topological polar surface area (TPSA) is 75.7 Å². The number of methoxy groups -OCH3 is 1. The van der Waals surface area contributed by atoms with Crippen molar-refractivity contribution in [2.24, 2.45) is 0 Å². The molecule has 1 amide bonds. The summed E-state index contributed by atoms with van der Waals surface area (Å²) in [6, 6.07) is 6.84. The van der Waals surface area contributed by atoms with Crippen molar-refractivity contribution in [2.45, 2.75) is 11.8 Å². The van der Waals surface area contributed by atoms with Crippen LogP contribution in [0.4, 0.5) is 5.69 Å². The average molecular weight is 486 g/mol. The van der Waals surface area contributed by atoms with Crippen molar-refractivity contribution in [1.29, 1.82) is 0 Å². The summed E-state index contributed by atoms with van der Waals surface area (Å²) in [7, 11) is -2.54. The molecule has 0 fully saturated rings. The highest BCUT2D eigenvalue weighted by molar-refractivity contribution is 7.89. The molecule has 11 heteroatoms. The molecule has 2 aromatic rings. The monoisotopic (exact) mass is 484 g/mol. The first-order valence-corrected chi connectivity index (χ1v) is 10.8.